The van der Waals surface area contributed by atoms with Crippen molar-refractivity contribution in [2.24, 2.45) is 0 Å². The molecule has 1 aromatic heterocycles. The summed E-state index contributed by atoms with van der Waals surface area (Å²) in [7, 11) is 1.68. The van der Waals surface area contributed by atoms with Crippen LogP contribution >= 0.6 is 11.3 Å². The molecular weight excluding hydrogens is 356 g/mol. The van der Waals surface area contributed by atoms with Gasteiger partial charge in [-0.25, -0.2) is 4.98 Å². The summed E-state index contributed by atoms with van der Waals surface area (Å²) < 4.78 is 12.5. The number of thiazole rings is 1. The molecule has 0 atom stereocenters. The molecule has 27 heavy (non-hydrogen) atoms. The topological polar surface area (TPSA) is 34.6 Å². The monoisotopic (exact) mass is 382 g/mol. The van der Waals surface area contributed by atoms with Crippen LogP contribution < -0.4 is 9.47 Å². The zero-order valence-corrected chi connectivity index (χ0v) is 16.6. The van der Waals surface area contributed by atoms with E-state index in [1.54, 1.807) is 7.11 Å². The number of piperidine rings is 1. The van der Waals surface area contributed by atoms with Crippen LogP contribution in [0.25, 0.3) is 10.2 Å². The number of benzene rings is 2. The maximum atomic E-state index is 5.88. The van der Waals surface area contributed by atoms with Crippen LogP contribution in [0.3, 0.4) is 0 Å². The largest absolute Gasteiger partial charge is 0.493 e. The first kappa shape index (κ1) is 18.3. The van der Waals surface area contributed by atoms with E-state index < -0.39 is 0 Å². The number of aromatic nitrogens is 1. The van der Waals surface area contributed by atoms with Crippen molar-refractivity contribution in [3.05, 3.63) is 53.5 Å². The molecule has 4 nitrogen and oxygen atoms in total. The molecule has 1 fully saturated rings. The van der Waals surface area contributed by atoms with E-state index in [1.807, 2.05) is 35.6 Å². The van der Waals surface area contributed by atoms with Crippen molar-refractivity contribution in [3.63, 3.8) is 0 Å². The minimum absolute atomic E-state index is 0.614. The van der Waals surface area contributed by atoms with E-state index in [-0.39, 0.29) is 0 Å². The Hall–Kier alpha value is -2.11. The second-order valence-corrected chi connectivity index (χ2v) is 8.05. The van der Waals surface area contributed by atoms with E-state index in [2.05, 4.69) is 29.2 Å². The summed E-state index contributed by atoms with van der Waals surface area (Å²) in [6.45, 7) is 4.10. The Morgan fingerprint density at radius 1 is 1.04 bits per heavy atom. The molecular formula is C22H26N2O2S. The molecule has 2 aromatic carbocycles. The second-order valence-electron chi connectivity index (χ2n) is 6.99. The molecule has 0 unspecified atom stereocenters. The van der Waals surface area contributed by atoms with Gasteiger partial charge in [-0.05, 0) is 56.6 Å². The molecule has 0 spiro atoms. The van der Waals surface area contributed by atoms with Crippen molar-refractivity contribution in [2.45, 2.75) is 25.2 Å². The maximum Gasteiger partial charge on any atom is 0.161 e. The minimum Gasteiger partial charge on any atom is -0.493 e. The Balaban J connectivity index is 1.21. The SMILES string of the molecule is COc1ccccc1OCCCN1CCC(c2nc3ccccc3s2)CC1. The van der Waals surface area contributed by atoms with Gasteiger partial charge in [0.15, 0.2) is 11.5 Å². The van der Waals surface area contributed by atoms with Crippen LogP contribution in [0.5, 0.6) is 11.5 Å². The highest BCUT2D eigenvalue weighted by Crippen LogP contribution is 2.33. The molecule has 1 saturated heterocycles. The lowest BCUT2D eigenvalue weighted by atomic mass is 9.97. The Morgan fingerprint density at radius 2 is 1.78 bits per heavy atom. The summed E-state index contributed by atoms with van der Waals surface area (Å²) >= 11 is 1.87. The van der Waals surface area contributed by atoms with Crippen molar-refractivity contribution in [1.82, 2.24) is 9.88 Å². The zero-order valence-electron chi connectivity index (χ0n) is 15.8. The zero-order chi connectivity index (χ0) is 18.5. The molecule has 0 radical (unpaired) electrons. The van der Waals surface area contributed by atoms with Crippen LogP contribution in [0.15, 0.2) is 48.5 Å². The first-order valence-electron chi connectivity index (χ1n) is 9.67. The van der Waals surface area contributed by atoms with Gasteiger partial charge in [-0.1, -0.05) is 24.3 Å². The average Bonchev–Trinajstić information content (AvgIpc) is 3.16. The first-order valence-corrected chi connectivity index (χ1v) is 10.5. The number of nitrogens with zero attached hydrogens (tertiary/aromatic N) is 2. The summed E-state index contributed by atoms with van der Waals surface area (Å²) in [6.07, 6.45) is 3.43. The van der Waals surface area contributed by atoms with Gasteiger partial charge in [-0.2, -0.15) is 0 Å². The van der Waals surface area contributed by atoms with Crippen molar-refractivity contribution in [3.8, 4) is 11.5 Å². The number of fused-ring (bicyclic) bond motifs is 1. The standard InChI is InChI=1S/C22H26N2O2S/c1-25-19-8-3-4-9-20(19)26-16-6-13-24-14-11-17(12-15-24)22-23-18-7-2-5-10-21(18)27-22/h2-5,7-10,17H,6,11-16H2,1H3. The molecule has 0 saturated carbocycles. The normalized spacial score (nSPS) is 15.9. The number of para-hydroxylation sites is 3. The van der Waals surface area contributed by atoms with Gasteiger partial charge in [0.2, 0.25) is 0 Å². The van der Waals surface area contributed by atoms with Gasteiger partial charge in [0.1, 0.15) is 0 Å². The number of hydrogen-bond donors (Lipinski definition) is 0. The molecule has 1 aliphatic rings. The molecule has 5 heteroatoms. The number of hydrogen-bond acceptors (Lipinski definition) is 5. The van der Waals surface area contributed by atoms with Crippen molar-refractivity contribution in [2.75, 3.05) is 33.4 Å². The third-order valence-electron chi connectivity index (χ3n) is 5.19. The summed E-state index contributed by atoms with van der Waals surface area (Å²) in [5.74, 6) is 2.24. The number of rotatable bonds is 7. The van der Waals surface area contributed by atoms with Gasteiger partial charge in [0.25, 0.3) is 0 Å². The third kappa shape index (κ3) is 4.42. The van der Waals surface area contributed by atoms with Crippen molar-refractivity contribution >= 4 is 21.6 Å². The van der Waals surface area contributed by atoms with Crippen LogP contribution in [-0.4, -0.2) is 43.2 Å². The number of methoxy groups -OCH3 is 1. The van der Waals surface area contributed by atoms with E-state index in [0.717, 1.165) is 49.7 Å². The average molecular weight is 383 g/mol. The Bertz CT molecular complexity index is 838. The van der Waals surface area contributed by atoms with E-state index in [0.29, 0.717) is 5.92 Å². The molecule has 0 bridgehead atoms. The van der Waals surface area contributed by atoms with Crippen molar-refractivity contribution in [1.29, 1.82) is 0 Å². The second kappa shape index (κ2) is 8.72. The Labute approximate surface area is 164 Å². The smallest absolute Gasteiger partial charge is 0.161 e. The summed E-state index contributed by atoms with van der Waals surface area (Å²) in [4.78, 5) is 7.41. The van der Waals surface area contributed by atoms with Gasteiger partial charge >= 0.3 is 0 Å². The minimum atomic E-state index is 0.614. The van der Waals surface area contributed by atoms with Gasteiger partial charge in [-0.3, -0.25) is 0 Å². The van der Waals surface area contributed by atoms with Crippen LogP contribution in [0.2, 0.25) is 0 Å². The van der Waals surface area contributed by atoms with Crippen molar-refractivity contribution < 1.29 is 9.47 Å². The third-order valence-corrected chi connectivity index (χ3v) is 6.39. The molecule has 142 valence electrons. The van der Waals surface area contributed by atoms with Gasteiger partial charge < -0.3 is 14.4 Å². The molecule has 4 rings (SSSR count). The Kier molecular flexibility index (Phi) is 5.90. The van der Waals surface area contributed by atoms with Gasteiger partial charge in [0, 0.05) is 12.5 Å². The van der Waals surface area contributed by atoms with Crippen LogP contribution in [-0.2, 0) is 0 Å². The fraction of sp³-hybridized carbons (Fsp3) is 0.409. The Morgan fingerprint density at radius 3 is 2.56 bits per heavy atom. The van der Waals surface area contributed by atoms with Gasteiger partial charge in [-0.15, -0.1) is 11.3 Å². The van der Waals surface area contributed by atoms with E-state index in [1.165, 1.54) is 22.5 Å². The number of ether oxygens (including phenoxy) is 2. The van der Waals surface area contributed by atoms with Crippen LogP contribution in [0, 0.1) is 0 Å². The van der Waals surface area contributed by atoms with E-state index in [9.17, 15) is 0 Å². The fourth-order valence-electron chi connectivity index (χ4n) is 3.68. The van der Waals surface area contributed by atoms with Gasteiger partial charge in [0.05, 0.1) is 28.9 Å². The summed E-state index contributed by atoms with van der Waals surface area (Å²) in [5.41, 5.74) is 1.15. The lowest BCUT2D eigenvalue weighted by Crippen LogP contribution is -2.34. The molecule has 0 N–H and O–H groups in total. The summed E-state index contributed by atoms with van der Waals surface area (Å²) in [5, 5.41) is 1.32. The first-order chi connectivity index (χ1) is 13.3. The molecule has 1 aliphatic heterocycles. The highest BCUT2D eigenvalue weighted by atomic mass is 32.1. The van der Waals surface area contributed by atoms with E-state index >= 15 is 0 Å². The highest BCUT2D eigenvalue weighted by molar-refractivity contribution is 7.18. The highest BCUT2D eigenvalue weighted by Gasteiger charge is 2.23. The quantitative estimate of drug-likeness (QED) is 0.541. The molecule has 3 aromatic rings. The number of likely N-dealkylation sites (tertiary alicyclic amines) is 1. The lowest BCUT2D eigenvalue weighted by molar-refractivity contribution is 0.191. The van der Waals surface area contributed by atoms with Crippen LogP contribution in [0.4, 0.5) is 0 Å². The molecule has 0 amide bonds. The maximum absolute atomic E-state index is 5.88. The molecule has 0 aliphatic carbocycles. The fourth-order valence-corrected chi connectivity index (χ4v) is 4.81. The van der Waals surface area contributed by atoms with E-state index in [4.69, 9.17) is 14.5 Å². The van der Waals surface area contributed by atoms with Crippen LogP contribution in [0.1, 0.15) is 30.2 Å². The summed E-state index contributed by atoms with van der Waals surface area (Å²) in [6, 6.07) is 16.3. The molecule has 2 heterocycles. The predicted octanol–water partition coefficient (Wildman–Crippen LogP) is 4.95. The predicted molar refractivity (Wildman–Crippen MR) is 111 cm³/mol. The lowest BCUT2D eigenvalue weighted by Gasteiger charge is -2.30.